The maximum Gasteiger partial charge on any atom is 0.417 e. The van der Waals surface area contributed by atoms with Crippen LogP contribution in [0.2, 0.25) is 0 Å². The number of hydrogen-bond acceptors (Lipinski definition) is 6. The molecule has 186 valence electrons. The molecule has 1 fully saturated rings. The Morgan fingerprint density at radius 3 is 2.47 bits per heavy atom. The van der Waals surface area contributed by atoms with Crippen LogP contribution in [0.1, 0.15) is 30.0 Å². The lowest BCUT2D eigenvalue weighted by molar-refractivity contribution is -0.137. The lowest BCUT2D eigenvalue weighted by Crippen LogP contribution is -2.17. The van der Waals surface area contributed by atoms with Gasteiger partial charge in [-0.15, -0.1) is 0 Å². The maximum atomic E-state index is 13.0. The number of aromatic nitrogens is 3. The molecule has 8 nitrogen and oxygen atoms in total. The van der Waals surface area contributed by atoms with E-state index in [1.807, 2.05) is 0 Å². The Morgan fingerprint density at radius 2 is 1.83 bits per heavy atom. The van der Waals surface area contributed by atoms with E-state index in [1.54, 1.807) is 10.6 Å². The average Bonchev–Trinajstić information content (AvgIpc) is 3.59. The van der Waals surface area contributed by atoms with Crippen molar-refractivity contribution in [2.75, 3.05) is 11.6 Å². The number of amides is 1. The number of nitrogens with zero attached hydrogens (tertiary/aromatic N) is 3. The zero-order valence-corrected chi connectivity index (χ0v) is 19.6. The Bertz CT molecular complexity index is 1580. The zero-order valence-electron chi connectivity index (χ0n) is 18.8. The minimum absolute atomic E-state index is 0.0354. The summed E-state index contributed by atoms with van der Waals surface area (Å²) in [6, 6.07) is 12.2. The molecular formula is C24H19F3N4O4S. The number of carbonyl (C=O) groups is 1. The van der Waals surface area contributed by atoms with Crippen LogP contribution in [0.25, 0.3) is 16.9 Å². The highest BCUT2D eigenvalue weighted by atomic mass is 32.2. The molecule has 0 bridgehead atoms. The van der Waals surface area contributed by atoms with Gasteiger partial charge in [0.2, 0.25) is 0 Å². The van der Waals surface area contributed by atoms with Gasteiger partial charge in [-0.2, -0.15) is 18.3 Å². The third-order valence-corrected chi connectivity index (χ3v) is 6.79. The molecule has 4 aromatic rings. The van der Waals surface area contributed by atoms with Gasteiger partial charge >= 0.3 is 12.3 Å². The summed E-state index contributed by atoms with van der Waals surface area (Å²) in [5, 5.41) is 6.77. The molecule has 1 aliphatic carbocycles. The lowest BCUT2D eigenvalue weighted by Gasteiger charge is -2.10. The van der Waals surface area contributed by atoms with Gasteiger partial charge in [0.05, 0.1) is 22.3 Å². The van der Waals surface area contributed by atoms with Crippen molar-refractivity contribution in [3.63, 3.8) is 0 Å². The quantitative estimate of drug-likeness (QED) is 0.386. The minimum atomic E-state index is -4.45. The van der Waals surface area contributed by atoms with Gasteiger partial charge in [0.1, 0.15) is 0 Å². The van der Waals surface area contributed by atoms with Gasteiger partial charge in [-0.1, -0.05) is 18.2 Å². The van der Waals surface area contributed by atoms with E-state index in [9.17, 15) is 26.4 Å². The first-order valence-corrected chi connectivity index (χ1v) is 12.7. The Kier molecular flexibility index (Phi) is 5.70. The molecule has 12 heteroatoms. The fourth-order valence-electron chi connectivity index (χ4n) is 3.73. The van der Waals surface area contributed by atoms with Crippen LogP contribution in [0.5, 0.6) is 5.75 Å². The number of hydrogen-bond donors (Lipinski definition) is 1. The van der Waals surface area contributed by atoms with Gasteiger partial charge in [0, 0.05) is 29.1 Å². The molecule has 0 aliphatic heterocycles. The van der Waals surface area contributed by atoms with E-state index in [2.05, 4.69) is 15.4 Å². The Balaban J connectivity index is 1.46. The number of sulfone groups is 1. The van der Waals surface area contributed by atoms with E-state index >= 15 is 0 Å². The number of halogens is 3. The van der Waals surface area contributed by atoms with Crippen molar-refractivity contribution in [2.45, 2.75) is 29.8 Å². The first-order valence-electron chi connectivity index (χ1n) is 10.8. The van der Waals surface area contributed by atoms with Crippen molar-refractivity contribution < 1.29 is 31.1 Å². The van der Waals surface area contributed by atoms with Crippen molar-refractivity contribution in [1.82, 2.24) is 14.6 Å². The van der Waals surface area contributed by atoms with E-state index in [0.717, 1.165) is 36.9 Å². The van der Waals surface area contributed by atoms with Gasteiger partial charge in [-0.05, 0) is 49.2 Å². The highest BCUT2D eigenvalue weighted by Gasteiger charge is 2.31. The van der Waals surface area contributed by atoms with E-state index in [0.29, 0.717) is 11.3 Å². The molecule has 0 saturated heterocycles. The van der Waals surface area contributed by atoms with E-state index in [1.165, 1.54) is 42.6 Å². The van der Waals surface area contributed by atoms with Gasteiger partial charge in [0.25, 0.3) is 0 Å². The molecule has 1 saturated carbocycles. The average molecular weight is 517 g/mol. The van der Waals surface area contributed by atoms with Crippen molar-refractivity contribution in [3.8, 4) is 17.0 Å². The van der Waals surface area contributed by atoms with E-state index in [4.69, 9.17) is 4.74 Å². The predicted molar refractivity (Wildman–Crippen MR) is 125 cm³/mol. The minimum Gasteiger partial charge on any atom is -0.404 e. The predicted octanol–water partition coefficient (Wildman–Crippen LogP) is 5.31. The van der Waals surface area contributed by atoms with Crippen LogP contribution in [0.4, 0.5) is 23.7 Å². The highest BCUT2D eigenvalue weighted by Crippen LogP contribution is 2.42. The van der Waals surface area contributed by atoms with Crippen LogP contribution in [0.3, 0.4) is 0 Å². The maximum absolute atomic E-state index is 13.0. The number of fused-ring (bicyclic) bond motifs is 1. The number of benzene rings is 2. The Morgan fingerprint density at radius 1 is 1.11 bits per heavy atom. The molecule has 1 N–H and O–H groups in total. The Labute approximate surface area is 203 Å². The molecule has 0 spiro atoms. The van der Waals surface area contributed by atoms with Gasteiger partial charge in [-0.3, -0.25) is 5.32 Å². The molecule has 0 radical (unpaired) electrons. The summed E-state index contributed by atoms with van der Waals surface area (Å²) in [5.41, 5.74) is 1.39. The molecule has 36 heavy (non-hydrogen) atoms. The van der Waals surface area contributed by atoms with Crippen LogP contribution in [0.15, 0.2) is 65.7 Å². The first kappa shape index (κ1) is 23.8. The van der Waals surface area contributed by atoms with Crippen LogP contribution < -0.4 is 10.1 Å². The highest BCUT2D eigenvalue weighted by molar-refractivity contribution is 7.90. The van der Waals surface area contributed by atoms with Crippen LogP contribution >= 0.6 is 0 Å². The molecular weight excluding hydrogens is 497 g/mol. The summed E-state index contributed by atoms with van der Waals surface area (Å²) in [6.07, 6.45) is -1.09. The molecule has 2 aromatic heterocycles. The molecule has 1 aliphatic rings. The fraction of sp³-hybridized carbons (Fsp3) is 0.208. The first-order chi connectivity index (χ1) is 17.0. The van der Waals surface area contributed by atoms with Crippen LogP contribution in [0, 0.1) is 0 Å². The summed E-state index contributed by atoms with van der Waals surface area (Å²) in [4.78, 5) is 17.1. The molecule has 1 amide bonds. The molecule has 5 rings (SSSR count). The molecule has 0 unspecified atom stereocenters. The number of alkyl halides is 3. The molecule has 2 heterocycles. The summed E-state index contributed by atoms with van der Waals surface area (Å²) in [5.74, 6) is 0.256. The monoisotopic (exact) mass is 516 g/mol. The summed E-state index contributed by atoms with van der Waals surface area (Å²) in [7, 11) is -3.47. The summed E-state index contributed by atoms with van der Waals surface area (Å²) >= 11 is 0. The third-order valence-electron chi connectivity index (χ3n) is 5.68. The van der Waals surface area contributed by atoms with Crippen molar-refractivity contribution in [1.29, 1.82) is 0 Å². The lowest BCUT2D eigenvalue weighted by atomic mass is 10.1. The number of anilines is 1. The van der Waals surface area contributed by atoms with E-state index < -0.39 is 27.7 Å². The SMILES string of the molecule is CS(=O)(=O)c1cccc(NC(=O)Oc2cnn3c(C4CC4)cc(-c4ccc(C(F)(F)F)cc4)nc23)c1. The van der Waals surface area contributed by atoms with Gasteiger partial charge in [-0.25, -0.2) is 22.7 Å². The van der Waals surface area contributed by atoms with Crippen molar-refractivity contribution >= 4 is 27.3 Å². The van der Waals surface area contributed by atoms with Gasteiger partial charge in [0.15, 0.2) is 21.2 Å². The number of ether oxygens (including phenoxy) is 1. The Hall–Kier alpha value is -3.93. The van der Waals surface area contributed by atoms with Crippen LogP contribution in [-0.4, -0.2) is 35.4 Å². The normalized spacial score (nSPS) is 14.1. The van der Waals surface area contributed by atoms with Gasteiger partial charge < -0.3 is 4.74 Å². The summed E-state index contributed by atoms with van der Waals surface area (Å²) < 4.78 is 69.4. The summed E-state index contributed by atoms with van der Waals surface area (Å²) in [6.45, 7) is 0. The molecule has 2 aromatic carbocycles. The standard InChI is InChI=1S/C24H19F3N4O4S/c1-36(33,34)18-4-2-3-17(11-18)29-23(32)35-21-13-28-31-20(15-5-6-15)12-19(30-22(21)31)14-7-9-16(10-8-14)24(25,26)27/h2-4,7-13,15H,5-6H2,1H3,(H,29,32). The van der Waals surface area contributed by atoms with Crippen molar-refractivity contribution in [2.24, 2.45) is 0 Å². The second-order valence-electron chi connectivity index (χ2n) is 8.47. The number of carbonyl (C=O) groups excluding carboxylic acids is 1. The second kappa shape index (κ2) is 8.63. The molecule has 0 atom stereocenters. The number of nitrogens with one attached hydrogen (secondary N) is 1. The third kappa shape index (κ3) is 4.89. The topological polar surface area (TPSA) is 103 Å². The number of rotatable bonds is 5. The van der Waals surface area contributed by atoms with E-state index in [-0.39, 0.29) is 27.9 Å². The second-order valence-corrected chi connectivity index (χ2v) is 10.5. The van der Waals surface area contributed by atoms with Crippen LogP contribution in [-0.2, 0) is 16.0 Å². The largest absolute Gasteiger partial charge is 0.417 e. The van der Waals surface area contributed by atoms with Crippen molar-refractivity contribution in [3.05, 3.63) is 72.1 Å². The fourth-order valence-corrected chi connectivity index (χ4v) is 4.40. The zero-order chi connectivity index (χ0) is 25.7. The smallest absolute Gasteiger partial charge is 0.404 e.